The van der Waals surface area contributed by atoms with Gasteiger partial charge in [-0.1, -0.05) is 23.7 Å². The minimum atomic E-state index is -0.896. The van der Waals surface area contributed by atoms with E-state index >= 15 is 0 Å². The molecule has 0 aromatic heterocycles. The second-order valence-corrected chi connectivity index (χ2v) is 5.58. The SMILES string of the molecule is Cc1cc(N(C)C(C)c2ccc(Cl)cc2)ccc1C(=O)O. The lowest BCUT2D eigenvalue weighted by molar-refractivity contribution is 0.0696. The van der Waals surface area contributed by atoms with Crippen molar-refractivity contribution >= 4 is 23.3 Å². The largest absolute Gasteiger partial charge is 0.478 e. The molecule has 0 aliphatic carbocycles. The molecular formula is C17H18ClNO2. The van der Waals surface area contributed by atoms with E-state index in [0.717, 1.165) is 21.8 Å². The number of nitrogens with zero attached hydrogens (tertiary/aromatic N) is 1. The summed E-state index contributed by atoms with van der Waals surface area (Å²) in [5.41, 5.74) is 3.24. The van der Waals surface area contributed by atoms with Crippen LogP contribution >= 0.6 is 11.6 Å². The van der Waals surface area contributed by atoms with Crippen molar-refractivity contribution in [2.75, 3.05) is 11.9 Å². The van der Waals surface area contributed by atoms with E-state index in [2.05, 4.69) is 11.8 Å². The van der Waals surface area contributed by atoms with Crippen LogP contribution in [-0.4, -0.2) is 18.1 Å². The molecule has 3 nitrogen and oxygen atoms in total. The molecule has 4 heteroatoms. The maximum Gasteiger partial charge on any atom is 0.335 e. The molecule has 0 radical (unpaired) electrons. The molecule has 0 saturated heterocycles. The van der Waals surface area contributed by atoms with Crippen molar-refractivity contribution in [3.8, 4) is 0 Å². The fraction of sp³-hybridized carbons (Fsp3) is 0.235. The van der Waals surface area contributed by atoms with Crippen molar-refractivity contribution in [3.63, 3.8) is 0 Å². The van der Waals surface area contributed by atoms with Gasteiger partial charge in [-0.25, -0.2) is 4.79 Å². The number of aryl methyl sites for hydroxylation is 1. The summed E-state index contributed by atoms with van der Waals surface area (Å²) < 4.78 is 0. The third kappa shape index (κ3) is 3.37. The zero-order chi connectivity index (χ0) is 15.6. The molecule has 0 amide bonds. The molecule has 21 heavy (non-hydrogen) atoms. The number of carboxylic acid groups (broad SMARTS) is 1. The van der Waals surface area contributed by atoms with Crippen molar-refractivity contribution in [2.45, 2.75) is 19.9 Å². The molecule has 2 aromatic carbocycles. The quantitative estimate of drug-likeness (QED) is 0.901. The molecule has 1 N–H and O–H groups in total. The molecule has 110 valence electrons. The molecule has 0 aliphatic heterocycles. The summed E-state index contributed by atoms with van der Waals surface area (Å²) in [5.74, 6) is -0.896. The lowest BCUT2D eigenvalue weighted by atomic mass is 10.0. The van der Waals surface area contributed by atoms with Gasteiger partial charge in [-0.2, -0.15) is 0 Å². The third-order valence-corrected chi connectivity index (χ3v) is 4.03. The Labute approximate surface area is 129 Å². The van der Waals surface area contributed by atoms with Crippen LogP contribution in [0.1, 0.15) is 34.5 Å². The fourth-order valence-electron chi connectivity index (χ4n) is 2.30. The molecule has 0 fully saturated rings. The van der Waals surface area contributed by atoms with Crippen LogP contribution in [0.5, 0.6) is 0 Å². The van der Waals surface area contributed by atoms with E-state index in [1.807, 2.05) is 50.4 Å². The number of rotatable bonds is 4. The van der Waals surface area contributed by atoms with E-state index in [1.54, 1.807) is 6.07 Å². The lowest BCUT2D eigenvalue weighted by Gasteiger charge is -2.28. The van der Waals surface area contributed by atoms with Crippen molar-refractivity contribution < 1.29 is 9.90 Å². The second kappa shape index (κ2) is 6.19. The Bertz CT molecular complexity index is 652. The second-order valence-electron chi connectivity index (χ2n) is 5.14. The minimum Gasteiger partial charge on any atom is -0.478 e. The van der Waals surface area contributed by atoms with Gasteiger partial charge in [0.25, 0.3) is 0 Å². The summed E-state index contributed by atoms with van der Waals surface area (Å²) in [6.45, 7) is 3.91. The summed E-state index contributed by atoms with van der Waals surface area (Å²) in [5, 5.41) is 9.80. The molecule has 1 unspecified atom stereocenters. The van der Waals surface area contributed by atoms with Crippen molar-refractivity contribution in [1.82, 2.24) is 0 Å². The van der Waals surface area contributed by atoms with E-state index in [0.29, 0.717) is 5.56 Å². The highest BCUT2D eigenvalue weighted by Gasteiger charge is 2.14. The normalized spacial score (nSPS) is 12.0. The number of benzene rings is 2. The van der Waals surface area contributed by atoms with E-state index in [9.17, 15) is 4.79 Å². The topological polar surface area (TPSA) is 40.5 Å². The molecule has 0 aliphatic rings. The van der Waals surface area contributed by atoms with Crippen molar-refractivity contribution in [1.29, 1.82) is 0 Å². The zero-order valence-corrected chi connectivity index (χ0v) is 13.1. The van der Waals surface area contributed by atoms with Gasteiger partial charge in [-0.05, 0) is 55.3 Å². The van der Waals surface area contributed by atoms with E-state index in [4.69, 9.17) is 16.7 Å². The van der Waals surface area contributed by atoms with Crippen LogP contribution in [0.2, 0.25) is 5.02 Å². The first-order valence-corrected chi connectivity index (χ1v) is 7.10. The van der Waals surface area contributed by atoms with Crippen LogP contribution in [0, 0.1) is 6.92 Å². The highest BCUT2D eigenvalue weighted by atomic mass is 35.5. The lowest BCUT2D eigenvalue weighted by Crippen LogP contribution is -2.21. The standard InChI is InChI=1S/C17H18ClNO2/c1-11-10-15(8-9-16(11)17(20)21)19(3)12(2)13-4-6-14(18)7-5-13/h4-10,12H,1-3H3,(H,20,21). The van der Waals surface area contributed by atoms with Gasteiger partial charge >= 0.3 is 5.97 Å². The number of hydrogen-bond donors (Lipinski definition) is 1. The van der Waals surface area contributed by atoms with Gasteiger partial charge in [0, 0.05) is 17.8 Å². The average molecular weight is 304 g/mol. The first-order valence-electron chi connectivity index (χ1n) is 6.72. The Kier molecular flexibility index (Phi) is 4.53. The summed E-state index contributed by atoms with van der Waals surface area (Å²) >= 11 is 5.91. The first-order chi connectivity index (χ1) is 9.90. The number of carboxylic acids is 1. The van der Waals surface area contributed by atoms with Crippen LogP contribution in [0.4, 0.5) is 5.69 Å². The van der Waals surface area contributed by atoms with Gasteiger partial charge in [0.15, 0.2) is 0 Å². The van der Waals surface area contributed by atoms with Gasteiger partial charge in [0.05, 0.1) is 11.6 Å². The van der Waals surface area contributed by atoms with E-state index in [-0.39, 0.29) is 6.04 Å². The number of aromatic carboxylic acids is 1. The number of hydrogen-bond acceptors (Lipinski definition) is 2. The number of carbonyl (C=O) groups is 1. The first kappa shape index (κ1) is 15.4. The molecule has 2 aromatic rings. The van der Waals surface area contributed by atoms with E-state index in [1.165, 1.54) is 0 Å². The summed E-state index contributed by atoms with van der Waals surface area (Å²) in [6.07, 6.45) is 0. The van der Waals surface area contributed by atoms with Gasteiger partial charge < -0.3 is 10.0 Å². The average Bonchev–Trinajstić information content (AvgIpc) is 2.46. The smallest absolute Gasteiger partial charge is 0.335 e. The Morgan fingerprint density at radius 1 is 1.19 bits per heavy atom. The van der Waals surface area contributed by atoms with Crippen molar-refractivity contribution in [2.24, 2.45) is 0 Å². The van der Waals surface area contributed by atoms with Crippen LogP contribution in [-0.2, 0) is 0 Å². The molecule has 0 saturated carbocycles. The maximum atomic E-state index is 11.1. The summed E-state index contributed by atoms with van der Waals surface area (Å²) in [7, 11) is 1.99. The molecule has 0 heterocycles. The van der Waals surface area contributed by atoms with Gasteiger partial charge in [-0.15, -0.1) is 0 Å². The summed E-state index contributed by atoms with van der Waals surface area (Å²) in [4.78, 5) is 13.2. The Balaban J connectivity index is 2.27. The monoisotopic (exact) mass is 303 g/mol. The van der Waals surface area contributed by atoms with Crippen LogP contribution in [0.25, 0.3) is 0 Å². The predicted octanol–water partition coefficient (Wildman–Crippen LogP) is 4.54. The van der Waals surface area contributed by atoms with Crippen LogP contribution in [0.15, 0.2) is 42.5 Å². The maximum absolute atomic E-state index is 11.1. The molecule has 1 atom stereocenters. The molecular weight excluding hydrogens is 286 g/mol. The minimum absolute atomic E-state index is 0.164. The highest BCUT2D eigenvalue weighted by Crippen LogP contribution is 2.27. The zero-order valence-electron chi connectivity index (χ0n) is 12.3. The predicted molar refractivity (Wildman–Crippen MR) is 86.4 cm³/mol. The number of anilines is 1. The van der Waals surface area contributed by atoms with Gasteiger partial charge in [-0.3, -0.25) is 0 Å². The number of halogens is 1. The van der Waals surface area contributed by atoms with Gasteiger partial charge in [0.2, 0.25) is 0 Å². The van der Waals surface area contributed by atoms with Crippen LogP contribution < -0.4 is 4.90 Å². The Morgan fingerprint density at radius 3 is 2.33 bits per heavy atom. The van der Waals surface area contributed by atoms with E-state index < -0.39 is 5.97 Å². The third-order valence-electron chi connectivity index (χ3n) is 3.78. The molecule has 0 bridgehead atoms. The summed E-state index contributed by atoms with van der Waals surface area (Å²) in [6, 6.07) is 13.3. The van der Waals surface area contributed by atoms with Crippen molar-refractivity contribution in [3.05, 3.63) is 64.2 Å². The molecule has 0 spiro atoms. The van der Waals surface area contributed by atoms with Gasteiger partial charge in [0.1, 0.15) is 0 Å². The molecule has 2 rings (SSSR count). The van der Waals surface area contributed by atoms with Crippen LogP contribution in [0.3, 0.4) is 0 Å². The fourth-order valence-corrected chi connectivity index (χ4v) is 2.42. The highest BCUT2D eigenvalue weighted by molar-refractivity contribution is 6.30. The Morgan fingerprint density at radius 2 is 1.81 bits per heavy atom. The Hall–Kier alpha value is -2.00.